The predicted octanol–water partition coefficient (Wildman–Crippen LogP) is 3.62. The minimum Gasteiger partial charge on any atom is -0.493 e. The molecule has 2 aromatic rings. The third kappa shape index (κ3) is 3.11. The Morgan fingerprint density at radius 3 is 2.65 bits per heavy atom. The van der Waals surface area contributed by atoms with Gasteiger partial charge in [0.15, 0.2) is 16.6 Å². The lowest BCUT2D eigenvalue weighted by Gasteiger charge is -2.25. The first-order chi connectivity index (χ1) is 12.7. The van der Waals surface area contributed by atoms with Crippen molar-refractivity contribution in [1.29, 1.82) is 0 Å². The number of ether oxygens (including phenoxy) is 2. The SMILES string of the molecule is COc1ccc([C@H]2CC(=O)Nc3nc(N4CCCCC4)sc32)cc1OC. The number of benzene rings is 1. The molecule has 7 heteroatoms. The molecule has 3 heterocycles. The molecule has 0 unspecified atom stereocenters. The molecule has 1 atom stereocenters. The van der Waals surface area contributed by atoms with Crippen molar-refractivity contribution in [2.45, 2.75) is 31.6 Å². The zero-order valence-corrected chi connectivity index (χ0v) is 15.9. The average molecular weight is 373 g/mol. The van der Waals surface area contributed by atoms with E-state index >= 15 is 0 Å². The molecule has 4 rings (SSSR count). The van der Waals surface area contributed by atoms with Gasteiger partial charge in [0.25, 0.3) is 0 Å². The Morgan fingerprint density at radius 1 is 1.15 bits per heavy atom. The van der Waals surface area contributed by atoms with Crippen molar-refractivity contribution in [3.63, 3.8) is 0 Å². The number of rotatable bonds is 4. The van der Waals surface area contributed by atoms with Gasteiger partial charge in [0.2, 0.25) is 5.91 Å². The normalized spacial score (nSPS) is 19.7. The highest BCUT2D eigenvalue weighted by molar-refractivity contribution is 7.16. The summed E-state index contributed by atoms with van der Waals surface area (Å²) in [5.74, 6) is 2.09. The number of anilines is 2. The summed E-state index contributed by atoms with van der Waals surface area (Å²) in [6, 6.07) is 5.87. The summed E-state index contributed by atoms with van der Waals surface area (Å²) in [7, 11) is 3.25. The van der Waals surface area contributed by atoms with Crippen LogP contribution in [0.2, 0.25) is 0 Å². The van der Waals surface area contributed by atoms with Gasteiger partial charge in [-0.3, -0.25) is 4.79 Å². The molecule has 2 aliphatic rings. The van der Waals surface area contributed by atoms with Crippen molar-refractivity contribution >= 4 is 28.2 Å². The van der Waals surface area contributed by atoms with Gasteiger partial charge in [0.1, 0.15) is 5.82 Å². The molecule has 26 heavy (non-hydrogen) atoms. The fraction of sp³-hybridized carbons (Fsp3) is 0.474. The molecule has 0 aliphatic carbocycles. The summed E-state index contributed by atoms with van der Waals surface area (Å²) in [5.41, 5.74) is 1.05. The van der Waals surface area contributed by atoms with E-state index in [4.69, 9.17) is 14.5 Å². The van der Waals surface area contributed by atoms with Crippen LogP contribution in [0.4, 0.5) is 10.9 Å². The Morgan fingerprint density at radius 2 is 1.92 bits per heavy atom. The minimum absolute atomic E-state index is 0.00500. The van der Waals surface area contributed by atoms with E-state index in [0.29, 0.717) is 23.7 Å². The number of methoxy groups -OCH3 is 2. The fourth-order valence-corrected chi connectivity index (χ4v) is 4.87. The van der Waals surface area contributed by atoms with Crippen LogP contribution in [0, 0.1) is 0 Å². The lowest BCUT2D eigenvalue weighted by molar-refractivity contribution is -0.116. The van der Waals surface area contributed by atoms with Gasteiger partial charge >= 0.3 is 0 Å². The maximum Gasteiger partial charge on any atom is 0.226 e. The van der Waals surface area contributed by atoms with Crippen LogP contribution in [0.5, 0.6) is 11.5 Å². The number of fused-ring (bicyclic) bond motifs is 1. The predicted molar refractivity (Wildman–Crippen MR) is 103 cm³/mol. The summed E-state index contributed by atoms with van der Waals surface area (Å²) in [6.45, 7) is 2.09. The molecule has 0 radical (unpaired) electrons. The van der Waals surface area contributed by atoms with Gasteiger partial charge in [0.05, 0.1) is 19.1 Å². The summed E-state index contributed by atoms with van der Waals surface area (Å²) in [5, 5.41) is 3.96. The van der Waals surface area contributed by atoms with Gasteiger partial charge < -0.3 is 19.7 Å². The van der Waals surface area contributed by atoms with Crippen LogP contribution in [0.3, 0.4) is 0 Å². The Hall–Kier alpha value is -2.28. The molecule has 138 valence electrons. The number of hydrogen-bond donors (Lipinski definition) is 1. The number of piperidine rings is 1. The van der Waals surface area contributed by atoms with Crippen LogP contribution in [0.15, 0.2) is 18.2 Å². The molecule has 1 aromatic carbocycles. The lowest BCUT2D eigenvalue weighted by atomic mass is 9.91. The second-order valence-corrected chi connectivity index (χ2v) is 7.69. The summed E-state index contributed by atoms with van der Waals surface area (Å²) >= 11 is 1.70. The van der Waals surface area contributed by atoms with Gasteiger partial charge in [-0.25, -0.2) is 4.98 Å². The van der Waals surface area contributed by atoms with E-state index in [-0.39, 0.29) is 11.8 Å². The van der Waals surface area contributed by atoms with Crippen molar-refractivity contribution in [1.82, 2.24) is 4.98 Å². The first-order valence-corrected chi connectivity index (χ1v) is 9.78. The molecule has 0 saturated carbocycles. The molecule has 1 amide bonds. The molecule has 1 N–H and O–H groups in total. The lowest BCUT2D eigenvalue weighted by Crippen LogP contribution is -2.29. The standard InChI is InChI=1S/C19H23N3O3S/c1-24-14-7-6-12(10-15(14)25-2)13-11-16(23)20-18-17(13)26-19(21-18)22-8-4-3-5-9-22/h6-7,10,13H,3-5,8-9,11H2,1-2H3,(H,20,23)/t13-/m1/s1. The van der Waals surface area contributed by atoms with Gasteiger partial charge in [0, 0.05) is 25.4 Å². The largest absolute Gasteiger partial charge is 0.493 e. The van der Waals surface area contributed by atoms with Gasteiger partial charge in [-0.05, 0) is 37.0 Å². The van der Waals surface area contributed by atoms with Crippen LogP contribution in [0.1, 0.15) is 42.0 Å². The third-order valence-corrected chi connectivity index (χ3v) is 6.27. The molecule has 1 aromatic heterocycles. The number of nitrogens with zero attached hydrogens (tertiary/aromatic N) is 2. The van der Waals surface area contributed by atoms with E-state index in [1.165, 1.54) is 19.3 Å². The second kappa shape index (κ2) is 7.15. The molecule has 0 bridgehead atoms. The number of aromatic nitrogens is 1. The number of nitrogens with one attached hydrogen (secondary N) is 1. The Balaban J connectivity index is 1.70. The van der Waals surface area contributed by atoms with Crippen molar-refractivity contribution in [3.05, 3.63) is 28.6 Å². The molecular formula is C19H23N3O3S. The Labute approximate surface area is 157 Å². The van der Waals surface area contributed by atoms with Crippen molar-refractivity contribution in [3.8, 4) is 11.5 Å². The summed E-state index contributed by atoms with van der Waals surface area (Å²) in [4.78, 5) is 20.5. The smallest absolute Gasteiger partial charge is 0.226 e. The van der Waals surface area contributed by atoms with E-state index in [9.17, 15) is 4.79 Å². The first kappa shape index (κ1) is 17.1. The number of carbonyl (C=O) groups is 1. The first-order valence-electron chi connectivity index (χ1n) is 8.97. The minimum atomic E-state index is -0.00500. The van der Waals surface area contributed by atoms with Crippen LogP contribution in [-0.2, 0) is 4.79 Å². The maximum atomic E-state index is 12.3. The van der Waals surface area contributed by atoms with E-state index in [1.807, 2.05) is 18.2 Å². The van der Waals surface area contributed by atoms with Gasteiger partial charge in [-0.15, -0.1) is 0 Å². The molecule has 1 saturated heterocycles. The Bertz CT molecular complexity index is 814. The zero-order valence-electron chi connectivity index (χ0n) is 15.1. The highest BCUT2D eigenvalue weighted by Gasteiger charge is 2.32. The number of hydrogen-bond acceptors (Lipinski definition) is 6. The van der Waals surface area contributed by atoms with Crippen LogP contribution in [-0.4, -0.2) is 38.2 Å². The van der Waals surface area contributed by atoms with Crippen LogP contribution in [0.25, 0.3) is 0 Å². The van der Waals surface area contributed by atoms with E-state index < -0.39 is 0 Å². The quantitative estimate of drug-likeness (QED) is 0.887. The topological polar surface area (TPSA) is 63.7 Å². The summed E-state index contributed by atoms with van der Waals surface area (Å²) in [6.07, 6.45) is 4.11. The van der Waals surface area contributed by atoms with Crippen molar-refractivity contribution in [2.24, 2.45) is 0 Å². The third-order valence-electron chi connectivity index (χ3n) is 5.04. The van der Waals surface area contributed by atoms with E-state index in [0.717, 1.165) is 28.7 Å². The van der Waals surface area contributed by atoms with Crippen molar-refractivity contribution < 1.29 is 14.3 Å². The van der Waals surface area contributed by atoms with E-state index in [1.54, 1.807) is 25.6 Å². The van der Waals surface area contributed by atoms with Gasteiger partial charge in [-0.1, -0.05) is 17.4 Å². The zero-order chi connectivity index (χ0) is 18.1. The molecule has 0 spiro atoms. The molecule has 6 nitrogen and oxygen atoms in total. The highest BCUT2D eigenvalue weighted by atomic mass is 32.1. The molecule has 1 fully saturated rings. The molecular weight excluding hydrogens is 350 g/mol. The second-order valence-electron chi connectivity index (χ2n) is 6.68. The van der Waals surface area contributed by atoms with Gasteiger partial charge in [-0.2, -0.15) is 0 Å². The molecule has 2 aliphatic heterocycles. The highest BCUT2D eigenvalue weighted by Crippen LogP contribution is 2.45. The summed E-state index contributed by atoms with van der Waals surface area (Å²) < 4.78 is 10.8. The van der Waals surface area contributed by atoms with Crippen LogP contribution < -0.4 is 19.7 Å². The Kier molecular flexibility index (Phi) is 4.72. The maximum absolute atomic E-state index is 12.3. The fourth-order valence-electron chi connectivity index (χ4n) is 3.67. The number of carbonyl (C=O) groups excluding carboxylic acids is 1. The monoisotopic (exact) mass is 373 g/mol. The van der Waals surface area contributed by atoms with Crippen molar-refractivity contribution in [2.75, 3.05) is 37.5 Å². The number of amides is 1. The van der Waals surface area contributed by atoms with Crippen LogP contribution >= 0.6 is 11.3 Å². The number of thiazole rings is 1. The average Bonchev–Trinajstić information content (AvgIpc) is 3.11. The van der Waals surface area contributed by atoms with E-state index in [2.05, 4.69) is 10.2 Å².